The van der Waals surface area contributed by atoms with E-state index in [9.17, 15) is 30.6 Å². The van der Waals surface area contributed by atoms with Gasteiger partial charge in [0, 0.05) is 0 Å². The maximum atomic E-state index is 10.7. The molecule has 0 aromatic heterocycles. The van der Waals surface area contributed by atoms with E-state index in [0.717, 1.165) is 0 Å². The SMILES string of the molecule is CC(=S)NC1C(O)[C@H](O)C(CO)O[C@H]1O[C@H]1C(CO)O[C@H](O)[C@H](NC(C)=S)C1O. The second-order valence-electron chi connectivity index (χ2n) is 7.00. The first kappa shape index (κ1) is 24.7. The fourth-order valence-electron chi connectivity index (χ4n) is 3.38. The Morgan fingerprint density at radius 3 is 1.90 bits per heavy atom. The normalized spacial score (nSPS) is 42.9. The van der Waals surface area contributed by atoms with Crippen LogP contribution in [0, 0.1) is 0 Å². The maximum Gasteiger partial charge on any atom is 0.181 e. The van der Waals surface area contributed by atoms with Crippen LogP contribution >= 0.6 is 24.4 Å². The maximum absolute atomic E-state index is 10.7. The van der Waals surface area contributed by atoms with Gasteiger partial charge in [-0.15, -0.1) is 0 Å². The predicted octanol–water partition coefficient (Wildman–Crippen LogP) is -3.51. The van der Waals surface area contributed by atoms with Gasteiger partial charge in [0.2, 0.25) is 0 Å². The topological polar surface area (TPSA) is 173 Å². The second-order valence-corrected chi connectivity index (χ2v) is 8.22. The molecule has 0 bridgehead atoms. The van der Waals surface area contributed by atoms with Crippen molar-refractivity contribution in [2.45, 2.75) is 75.1 Å². The lowest BCUT2D eigenvalue weighted by Crippen LogP contribution is -2.69. The van der Waals surface area contributed by atoms with E-state index in [0.29, 0.717) is 4.99 Å². The summed E-state index contributed by atoms with van der Waals surface area (Å²) in [6.07, 6.45) is -10.5. The minimum atomic E-state index is -1.47. The van der Waals surface area contributed by atoms with E-state index in [-0.39, 0.29) is 4.99 Å². The van der Waals surface area contributed by atoms with Crippen molar-refractivity contribution in [2.75, 3.05) is 13.2 Å². The summed E-state index contributed by atoms with van der Waals surface area (Å²) < 4.78 is 16.7. The molecule has 2 fully saturated rings. The number of aliphatic hydroxyl groups is 6. The highest BCUT2D eigenvalue weighted by Gasteiger charge is 2.50. The van der Waals surface area contributed by atoms with Gasteiger partial charge in [-0.1, -0.05) is 24.4 Å². The van der Waals surface area contributed by atoms with Crippen molar-refractivity contribution >= 4 is 34.4 Å². The molecule has 2 rings (SSSR count). The summed E-state index contributed by atoms with van der Waals surface area (Å²) in [4.78, 5) is 0.577. The van der Waals surface area contributed by atoms with E-state index < -0.39 is 74.5 Å². The van der Waals surface area contributed by atoms with E-state index in [4.69, 9.17) is 38.6 Å². The average molecular weight is 457 g/mol. The van der Waals surface area contributed by atoms with Crippen LogP contribution in [0.5, 0.6) is 0 Å². The van der Waals surface area contributed by atoms with Crippen LogP contribution in [0.15, 0.2) is 0 Å². The van der Waals surface area contributed by atoms with Crippen molar-refractivity contribution in [3.63, 3.8) is 0 Å². The van der Waals surface area contributed by atoms with Gasteiger partial charge in [-0.25, -0.2) is 0 Å². The molecule has 5 unspecified atom stereocenters. The van der Waals surface area contributed by atoms with E-state index in [1.54, 1.807) is 13.8 Å². The summed E-state index contributed by atoms with van der Waals surface area (Å²) >= 11 is 9.95. The van der Waals surface area contributed by atoms with Crippen molar-refractivity contribution in [1.82, 2.24) is 10.6 Å². The summed E-state index contributed by atoms with van der Waals surface area (Å²) in [7, 11) is 0. The summed E-state index contributed by atoms with van der Waals surface area (Å²) in [6.45, 7) is 1.92. The van der Waals surface area contributed by atoms with E-state index in [2.05, 4.69) is 10.6 Å². The Bertz CT molecular complexity index is 587. The average Bonchev–Trinajstić information content (AvgIpc) is 2.65. The Morgan fingerprint density at radius 1 is 0.828 bits per heavy atom. The van der Waals surface area contributed by atoms with Gasteiger partial charge in [0.1, 0.15) is 48.7 Å². The molecule has 29 heavy (non-hydrogen) atoms. The number of hydrogen-bond acceptors (Lipinski definition) is 11. The lowest BCUT2D eigenvalue weighted by molar-refractivity contribution is -0.326. The molecule has 0 spiro atoms. The molecular weight excluding hydrogens is 428 g/mol. The lowest BCUT2D eigenvalue weighted by Gasteiger charge is -2.47. The van der Waals surface area contributed by atoms with E-state index in [1.807, 2.05) is 0 Å². The van der Waals surface area contributed by atoms with Crippen LogP contribution in [-0.2, 0) is 14.2 Å². The van der Waals surface area contributed by atoms with Gasteiger partial charge in [-0.2, -0.15) is 0 Å². The third-order valence-electron chi connectivity index (χ3n) is 4.78. The van der Waals surface area contributed by atoms with Crippen LogP contribution < -0.4 is 10.6 Å². The third kappa shape index (κ3) is 5.77. The molecule has 0 aliphatic carbocycles. The number of hydrogen-bond donors (Lipinski definition) is 8. The quantitative estimate of drug-likeness (QED) is 0.185. The Morgan fingerprint density at radius 2 is 1.38 bits per heavy atom. The smallest absolute Gasteiger partial charge is 0.181 e. The minimum absolute atomic E-state index is 0.284. The monoisotopic (exact) mass is 456 g/mol. The molecule has 0 amide bonds. The van der Waals surface area contributed by atoms with Crippen LogP contribution in [0.3, 0.4) is 0 Å². The Hall–Kier alpha value is -0.580. The van der Waals surface area contributed by atoms with Gasteiger partial charge in [-0.05, 0) is 13.8 Å². The molecule has 10 atom stereocenters. The van der Waals surface area contributed by atoms with Crippen LogP contribution in [-0.4, -0.2) is 115 Å². The molecule has 11 nitrogen and oxygen atoms in total. The highest BCUT2D eigenvalue weighted by molar-refractivity contribution is 7.80. The Labute approximate surface area is 178 Å². The first-order valence-electron chi connectivity index (χ1n) is 9.05. The highest BCUT2D eigenvalue weighted by Crippen LogP contribution is 2.28. The fraction of sp³-hybridized carbons (Fsp3) is 0.875. The number of rotatable bonds is 6. The lowest BCUT2D eigenvalue weighted by atomic mass is 9.94. The van der Waals surface area contributed by atoms with Crippen molar-refractivity contribution < 1.29 is 44.8 Å². The summed E-state index contributed by atoms with van der Waals surface area (Å²) in [6, 6.07) is -2.09. The van der Waals surface area contributed by atoms with Crippen LogP contribution in [0.25, 0.3) is 0 Å². The van der Waals surface area contributed by atoms with E-state index in [1.165, 1.54) is 0 Å². The first-order valence-corrected chi connectivity index (χ1v) is 9.86. The number of aliphatic hydroxyl groups excluding tert-OH is 6. The Balaban J connectivity index is 2.26. The molecule has 0 radical (unpaired) electrons. The number of ether oxygens (including phenoxy) is 3. The third-order valence-corrected chi connectivity index (χ3v) is 5.02. The summed E-state index contributed by atoms with van der Waals surface area (Å²) in [5, 5.41) is 65.9. The largest absolute Gasteiger partial charge is 0.394 e. The predicted molar refractivity (Wildman–Crippen MR) is 107 cm³/mol. The Kier molecular flexibility index (Phi) is 9.05. The summed E-state index contributed by atoms with van der Waals surface area (Å²) in [5.41, 5.74) is 0. The van der Waals surface area contributed by atoms with Gasteiger partial charge in [0.25, 0.3) is 0 Å². The van der Waals surface area contributed by atoms with Crippen molar-refractivity contribution in [3.8, 4) is 0 Å². The molecule has 2 aliphatic heterocycles. The second kappa shape index (κ2) is 10.6. The molecule has 168 valence electrons. The molecule has 2 saturated heterocycles. The van der Waals surface area contributed by atoms with Gasteiger partial charge < -0.3 is 55.5 Å². The molecule has 0 saturated carbocycles. The number of thiocarbonyl (C=S) groups is 2. The van der Waals surface area contributed by atoms with Gasteiger partial charge in [0.05, 0.1) is 23.2 Å². The molecule has 13 heteroatoms. The van der Waals surface area contributed by atoms with Crippen molar-refractivity contribution in [2.24, 2.45) is 0 Å². The standard InChI is InChI=1S/C16H28N2O9S2/c1-5(28)17-9-13(23)14(8(4-20)25-15(9)24)27-16-10(18-6(2)29)12(22)11(21)7(3-19)26-16/h7-16,19-24H,3-4H2,1-2H3,(H,17,28)(H,18,29)/t7?,8?,9-,10?,11-,12?,13?,14+,15+,16+/m1/s1. The minimum Gasteiger partial charge on any atom is -0.394 e. The molecule has 0 aromatic rings. The van der Waals surface area contributed by atoms with Gasteiger partial charge in [0.15, 0.2) is 12.6 Å². The van der Waals surface area contributed by atoms with Crippen LogP contribution in [0.2, 0.25) is 0 Å². The zero-order valence-corrected chi connectivity index (χ0v) is 17.5. The molecule has 8 N–H and O–H groups in total. The fourth-order valence-corrected chi connectivity index (χ4v) is 3.65. The van der Waals surface area contributed by atoms with Crippen LogP contribution in [0.1, 0.15) is 13.8 Å². The van der Waals surface area contributed by atoms with Gasteiger partial charge >= 0.3 is 0 Å². The zero-order valence-electron chi connectivity index (χ0n) is 15.9. The molecular formula is C16H28N2O9S2. The molecule has 0 aromatic carbocycles. The number of nitrogens with one attached hydrogen (secondary N) is 2. The van der Waals surface area contributed by atoms with Crippen LogP contribution in [0.4, 0.5) is 0 Å². The molecule has 2 heterocycles. The van der Waals surface area contributed by atoms with E-state index >= 15 is 0 Å². The summed E-state index contributed by atoms with van der Waals surface area (Å²) in [5.74, 6) is 0. The first-order chi connectivity index (χ1) is 13.6. The van der Waals surface area contributed by atoms with Crippen molar-refractivity contribution in [1.29, 1.82) is 0 Å². The van der Waals surface area contributed by atoms with Crippen molar-refractivity contribution in [3.05, 3.63) is 0 Å². The highest BCUT2D eigenvalue weighted by atomic mass is 32.1. The zero-order chi connectivity index (χ0) is 21.9. The van der Waals surface area contributed by atoms with Gasteiger partial charge in [-0.3, -0.25) is 0 Å². The molecule has 2 aliphatic rings.